The summed E-state index contributed by atoms with van der Waals surface area (Å²) in [5.74, 6) is 0.917. The van der Waals surface area contributed by atoms with Crippen LogP contribution in [0.15, 0.2) is 0 Å². The van der Waals surface area contributed by atoms with Gasteiger partial charge in [-0.1, -0.05) is 0 Å². The molecule has 4 nitrogen and oxygen atoms in total. The number of piperidine rings is 3. The maximum Gasteiger partial charge on any atom is 0.241 e. The third-order valence-corrected chi connectivity index (χ3v) is 4.02. The molecule has 4 fully saturated rings. The highest BCUT2D eigenvalue weighted by Gasteiger charge is 2.45. The summed E-state index contributed by atoms with van der Waals surface area (Å²) < 4.78 is 0. The predicted molar refractivity (Wildman–Crippen MR) is 52.6 cm³/mol. The van der Waals surface area contributed by atoms with E-state index in [0.29, 0.717) is 6.04 Å². The van der Waals surface area contributed by atoms with Gasteiger partial charge in [0.25, 0.3) is 0 Å². The van der Waals surface area contributed by atoms with Gasteiger partial charge < -0.3 is 15.5 Å². The molecule has 4 aliphatic heterocycles. The van der Waals surface area contributed by atoms with E-state index >= 15 is 0 Å². The van der Waals surface area contributed by atoms with Crippen LogP contribution in [0.5, 0.6) is 0 Å². The minimum absolute atomic E-state index is 0.170. The molecule has 4 heterocycles. The number of carbonyl (C=O) groups is 1. The molecule has 4 heteroatoms. The Labute approximate surface area is 84.0 Å². The summed E-state index contributed by atoms with van der Waals surface area (Å²) in [4.78, 5) is 16.0. The lowest BCUT2D eigenvalue weighted by atomic mass is 9.81. The van der Waals surface area contributed by atoms with Crippen LogP contribution in [0.25, 0.3) is 0 Å². The summed E-state index contributed by atoms with van der Waals surface area (Å²) in [5.41, 5.74) is 5.61. The number of hydrogen-bond acceptors (Lipinski definition) is 3. The largest absolute Gasteiger partial charge is 0.335 e. The maximum atomic E-state index is 11.5. The SMILES string of the molecule is NC1CN(C2CN3CCC2CC3)C1=O. The minimum Gasteiger partial charge on any atom is -0.335 e. The van der Waals surface area contributed by atoms with Gasteiger partial charge in [-0.15, -0.1) is 0 Å². The number of fused-ring (bicyclic) bond motifs is 3. The summed E-state index contributed by atoms with van der Waals surface area (Å²) >= 11 is 0. The zero-order valence-electron chi connectivity index (χ0n) is 8.35. The molecule has 78 valence electrons. The van der Waals surface area contributed by atoms with E-state index in [2.05, 4.69) is 4.90 Å². The lowest BCUT2D eigenvalue weighted by Gasteiger charge is -2.52. The first kappa shape index (κ1) is 8.68. The molecule has 0 aliphatic carbocycles. The zero-order valence-corrected chi connectivity index (χ0v) is 8.35. The Bertz CT molecular complexity index is 260. The lowest BCUT2D eigenvalue weighted by molar-refractivity contribution is -0.151. The molecule has 1 amide bonds. The van der Waals surface area contributed by atoms with Gasteiger partial charge in [-0.2, -0.15) is 0 Å². The Morgan fingerprint density at radius 2 is 1.93 bits per heavy atom. The van der Waals surface area contributed by atoms with Crippen LogP contribution >= 0.6 is 0 Å². The van der Waals surface area contributed by atoms with Gasteiger partial charge in [-0.3, -0.25) is 4.79 Å². The monoisotopic (exact) mass is 195 g/mol. The van der Waals surface area contributed by atoms with Crippen molar-refractivity contribution in [3.8, 4) is 0 Å². The van der Waals surface area contributed by atoms with Gasteiger partial charge in [0.1, 0.15) is 6.04 Å². The van der Waals surface area contributed by atoms with Crippen molar-refractivity contribution in [3.05, 3.63) is 0 Å². The highest BCUT2D eigenvalue weighted by atomic mass is 16.2. The number of nitrogens with two attached hydrogens (primary N) is 1. The summed E-state index contributed by atoms with van der Waals surface area (Å²) in [7, 11) is 0. The summed E-state index contributed by atoms with van der Waals surface area (Å²) in [6, 6.07) is 0.273. The fourth-order valence-corrected chi connectivity index (χ4v) is 3.07. The van der Waals surface area contributed by atoms with Crippen LogP contribution in [0.1, 0.15) is 12.8 Å². The van der Waals surface area contributed by atoms with Crippen LogP contribution < -0.4 is 5.73 Å². The molecular formula is C10H17N3O. The molecule has 4 aliphatic rings. The van der Waals surface area contributed by atoms with E-state index in [9.17, 15) is 4.79 Å². The Morgan fingerprint density at radius 1 is 1.21 bits per heavy atom. The van der Waals surface area contributed by atoms with Gasteiger partial charge in [0, 0.05) is 19.1 Å². The van der Waals surface area contributed by atoms with Gasteiger partial charge in [0.05, 0.1) is 0 Å². The molecule has 2 bridgehead atoms. The third-order valence-electron chi connectivity index (χ3n) is 4.02. The van der Waals surface area contributed by atoms with Gasteiger partial charge in [0.2, 0.25) is 5.91 Å². The van der Waals surface area contributed by atoms with E-state index in [1.807, 2.05) is 4.90 Å². The molecule has 0 aromatic carbocycles. The van der Waals surface area contributed by atoms with E-state index < -0.39 is 0 Å². The average molecular weight is 195 g/mol. The van der Waals surface area contributed by atoms with E-state index in [4.69, 9.17) is 5.73 Å². The second kappa shape index (κ2) is 2.94. The molecule has 14 heavy (non-hydrogen) atoms. The standard InChI is InChI=1S/C10H17N3O/c11-8-5-13(10(8)14)9-6-12-3-1-7(9)2-4-12/h7-9H,1-6,11H2. The van der Waals surface area contributed by atoms with Crippen molar-refractivity contribution in [1.82, 2.24) is 9.80 Å². The number of hydrogen-bond donors (Lipinski definition) is 1. The molecule has 4 rings (SSSR count). The van der Waals surface area contributed by atoms with Gasteiger partial charge in [0.15, 0.2) is 0 Å². The van der Waals surface area contributed by atoms with Crippen molar-refractivity contribution < 1.29 is 4.79 Å². The van der Waals surface area contributed by atoms with Crippen molar-refractivity contribution in [2.45, 2.75) is 24.9 Å². The Balaban J connectivity index is 1.71. The first-order chi connectivity index (χ1) is 6.75. The minimum atomic E-state index is -0.203. The Kier molecular flexibility index (Phi) is 1.82. The van der Waals surface area contributed by atoms with Crippen molar-refractivity contribution in [1.29, 1.82) is 0 Å². The van der Waals surface area contributed by atoms with Crippen molar-refractivity contribution >= 4 is 5.91 Å². The highest BCUT2D eigenvalue weighted by molar-refractivity contribution is 5.88. The van der Waals surface area contributed by atoms with E-state index in [1.54, 1.807) is 0 Å². The highest BCUT2D eigenvalue weighted by Crippen LogP contribution is 2.32. The van der Waals surface area contributed by atoms with Gasteiger partial charge in [-0.05, 0) is 31.8 Å². The van der Waals surface area contributed by atoms with Crippen LogP contribution in [0.3, 0.4) is 0 Å². The third kappa shape index (κ3) is 1.10. The number of likely N-dealkylation sites (tertiary alicyclic amines) is 1. The lowest BCUT2D eigenvalue weighted by Crippen LogP contribution is -2.69. The van der Waals surface area contributed by atoms with Crippen molar-refractivity contribution in [2.75, 3.05) is 26.2 Å². The molecule has 4 saturated heterocycles. The van der Waals surface area contributed by atoms with Gasteiger partial charge >= 0.3 is 0 Å². The van der Waals surface area contributed by atoms with E-state index in [-0.39, 0.29) is 11.9 Å². The van der Waals surface area contributed by atoms with Crippen LogP contribution in [0.2, 0.25) is 0 Å². The maximum absolute atomic E-state index is 11.5. The average Bonchev–Trinajstić information content (AvgIpc) is 2.26. The number of β-lactam (4-membered cyclic amide) rings is 1. The topological polar surface area (TPSA) is 49.6 Å². The number of amides is 1. The summed E-state index contributed by atoms with van der Waals surface area (Å²) in [6.45, 7) is 4.33. The van der Waals surface area contributed by atoms with E-state index in [1.165, 1.54) is 25.9 Å². The van der Waals surface area contributed by atoms with Crippen molar-refractivity contribution in [3.63, 3.8) is 0 Å². The zero-order chi connectivity index (χ0) is 9.71. The first-order valence-corrected chi connectivity index (χ1v) is 5.54. The van der Waals surface area contributed by atoms with E-state index in [0.717, 1.165) is 19.0 Å². The molecule has 0 spiro atoms. The molecule has 0 radical (unpaired) electrons. The molecule has 2 unspecified atom stereocenters. The smallest absolute Gasteiger partial charge is 0.241 e. The molecule has 2 atom stereocenters. The predicted octanol–water partition coefficient (Wildman–Crippen LogP) is -0.750. The van der Waals surface area contributed by atoms with Gasteiger partial charge in [-0.25, -0.2) is 0 Å². The molecular weight excluding hydrogens is 178 g/mol. The van der Waals surface area contributed by atoms with Crippen LogP contribution in [-0.4, -0.2) is 54.0 Å². The fourth-order valence-electron chi connectivity index (χ4n) is 3.07. The number of rotatable bonds is 1. The first-order valence-electron chi connectivity index (χ1n) is 5.54. The molecule has 0 aromatic rings. The number of nitrogens with zero attached hydrogens (tertiary/aromatic N) is 2. The van der Waals surface area contributed by atoms with Crippen LogP contribution in [0.4, 0.5) is 0 Å². The summed E-state index contributed by atoms with van der Waals surface area (Å²) in [6.07, 6.45) is 2.54. The van der Waals surface area contributed by atoms with Crippen LogP contribution in [-0.2, 0) is 4.79 Å². The Hall–Kier alpha value is -0.610. The van der Waals surface area contributed by atoms with Crippen molar-refractivity contribution in [2.24, 2.45) is 11.7 Å². The normalized spacial score (nSPS) is 46.6. The Morgan fingerprint density at radius 3 is 2.36 bits per heavy atom. The second-order valence-electron chi connectivity index (χ2n) is 4.80. The molecule has 0 aromatic heterocycles. The fraction of sp³-hybridized carbons (Fsp3) is 0.900. The summed E-state index contributed by atoms with van der Waals surface area (Å²) in [5, 5.41) is 0. The van der Waals surface area contributed by atoms with Crippen LogP contribution in [0, 0.1) is 5.92 Å². The molecule has 0 saturated carbocycles. The quantitative estimate of drug-likeness (QED) is 0.560. The number of carbonyl (C=O) groups excluding carboxylic acids is 1. The second-order valence-corrected chi connectivity index (χ2v) is 4.80. The molecule has 2 N–H and O–H groups in total.